The summed E-state index contributed by atoms with van der Waals surface area (Å²) < 4.78 is 0. The molecule has 1 atom stereocenters. The molecule has 22 heavy (non-hydrogen) atoms. The van der Waals surface area contributed by atoms with Crippen LogP contribution >= 0.6 is 0 Å². The Hall–Kier alpha value is -1.84. The predicted octanol–water partition coefficient (Wildman–Crippen LogP) is 3.24. The zero-order valence-corrected chi connectivity index (χ0v) is 14.2. The first-order valence-electron chi connectivity index (χ1n) is 8.11. The van der Waals surface area contributed by atoms with E-state index in [0.29, 0.717) is 0 Å². The summed E-state index contributed by atoms with van der Waals surface area (Å²) in [5, 5.41) is 0. The second-order valence-corrected chi connectivity index (χ2v) is 5.61. The molecule has 0 aliphatic heterocycles. The summed E-state index contributed by atoms with van der Waals surface area (Å²) in [6.07, 6.45) is 1.86. The fourth-order valence-corrected chi connectivity index (χ4v) is 2.58. The monoisotopic (exact) mass is 304 g/mol. The third kappa shape index (κ3) is 5.17. The summed E-state index contributed by atoms with van der Waals surface area (Å²) in [6, 6.07) is 9.72. The van der Waals surface area contributed by atoms with Crippen LogP contribution in [0.5, 0.6) is 0 Å². The van der Waals surface area contributed by atoms with Gasteiger partial charge >= 0.3 is 0 Å². The highest BCUT2D eigenvalue weighted by atomic mass is 16.2. The van der Waals surface area contributed by atoms with Gasteiger partial charge in [0.15, 0.2) is 0 Å². The molecule has 0 aliphatic carbocycles. The molecule has 1 rings (SSSR count). The summed E-state index contributed by atoms with van der Waals surface area (Å²) in [6.45, 7) is 9.25. The average Bonchev–Trinajstić information content (AvgIpc) is 2.52. The van der Waals surface area contributed by atoms with Crippen LogP contribution in [0.25, 0.3) is 0 Å². The van der Waals surface area contributed by atoms with Crippen LogP contribution in [0.4, 0.5) is 0 Å². The third-order valence-electron chi connectivity index (χ3n) is 3.80. The molecule has 0 heterocycles. The van der Waals surface area contributed by atoms with Crippen molar-refractivity contribution >= 4 is 11.8 Å². The van der Waals surface area contributed by atoms with E-state index in [2.05, 4.69) is 13.8 Å². The molecule has 0 saturated heterocycles. The molecule has 0 spiro atoms. The minimum absolute atomic E-state index is 0.0293. The number of hydrogen-bond acceptors (Lipinski definition) is 2. The van der Waals surface area contributed by atoms with E-state index >= 15 is 0 Å². The van der Waals surface area contributed by atoms with E-state index in [0.717, 1.165) is 31.5 Å². The van der Waals surface area contributed by atoms with Crippen LogP contribution in [0, 0.1) is 0 Å². The van der Waals surface area contributed by atoms with Crippen molar-refractivity contribution in [2.45, 2.75) is 46.6 Å². The Kier molecular flexibility index (Phi) is 7.64. The van der Waals surface area contributed by atoms with Crippen LogP contribution in [-0.2, 0) is 9.59 Å². The van der Waals surface area contributed by atoms with Crippen LogP contribution in [-0.4, -0.2) is 41.2 Å². The molecular formula is C18H28N2O2. The fraction of sp³-hybridized carbons (Fsp3) is 0.556. The van der Waals surface area contributed by atoms with Crippen LogP contribution in [0.2, 0.25) is 0 Å². The van der Waals surface area contributed by atoms with E-state index in [-0.39, 0.29) is 24.4 Å². The highest BCUT2D eigenvalue weighted by Crippen LogP contribution is 2.20. The predicted molar refractivity (Wildman–Crippen MR) is 89.4 cm³/mol. The van der Waals surface area contributed by atoms with Gasteiger partial charge in [-0.3, -0.25) is 9.59 Å². The number of nitrogens with zero attached hydrogens (tertiary/aromatic N) is 2. The zero-order valence-electron chi connectivity index (χ0n) is 14.2. The summed E-state index contributed by atoms with van der Waals surface area (Å²) in [7, 11) is 0. The maximum Gasteiger partial charge on any atom is 0.242 e. The normalized spacial score (nSPS) is 11.8. The summed E-state index contributed by atoms with van der Waals surface area (Å²) in [5.41, 5.74) is 1.04. The van der Waals surface area contributed by atoms with E-state index in [4.69, 9.17) is 0 Å². The van der Waals surface area contributed by atoms with Crippen molar-refractivity contribution in [3.63, 3.8) is 0 Å². The number of benzene rings is 1. The standard InChI is InChI=1S/C18H28N2O2/c1-5-12-19(13-6-2)18(22)14-20(16(4)21)15(3)17-10-8-7-9-11-17/h7-11,15H,5-6,12-14H2,1-4H3. The number of carbonyl (C=O) groups excluding carboxylic acids is 2. The molecule has 0 aromatic heterocycles. The highest BCUT2D eigenvalue weighted by Gasteiger charge is 2.23. The summed E-state index contributed by atoms with van der Waals surface area (Å²) >= 11 is 0. The van der Waals surface area contributed by atoms with E-state index in [1.807, 2.05) is 42.2 Å². The van der Waals surface area contributed by atoms with E-state index < -0.39 is 0 Å². The average molecular weight is 304 g/mol. The molecule has 1 unspecified atom stereocenters. The number of carbonyl (C=O) groups is 2. The largest absolute Gasteiger partial charge is 0.341 e. The summed E-state index contributed by atoms with van der Waals surface area (Å²) in [4.78, 5) is 28.0. The Morgan fingerprint density at radius 3 is 2.05 bits per heavy atom. The lowest BCUT2D eigenvalue weighted by Gasteiger charge is -2.31. The number of amides is 2. The van der Waals surface area contributed by atoms with Crippen molar-refractivity contribution in [3.8, 4) is 0 Å². The van der Waals surface area contributed by atoms with E-state index in [1.54, 1.807) is 4.90 Å². The molecule has 0 fully saturated rings. The van der Waals surface area contributed by atoms with Gasteiger partial charge < -0.3 is 9.80 Å². The number of hydrogen-bond donors (Lipinski definition) is 0. The first-order valence-corrected chi connectivity index (χ1v) is 8.11. The minimum atomic E-state index is -0.104. The van der Waals surface area contributed by atoms with Gasteiger partial charge in [-0.1, -0.05) is 44.2 Å². The van der Waals surface area contributed by atoms with Crippen molar-refractivity contribution in [3.05, 3.63) is 35.9 Å². The molecule has 122 valence electrons. The van der Waals surface area contributed by atoms with E-state index in [9.17, 15) is 9.59 Å². The van der Waals surface area contributed by atoms with Gasteiger partial charge in [0.2, 0.25) is 11.8 Å². The molecular weight excluding hydrogens is 276 g/mol. The van der Waals surface area contributed by atoms with Gasteiger partial charge in [0.25, 0.3) is 0 Å². The maximum absolute atomic E-state index is 12.5. The lowest BCUT2D eigenvalue weighted by Crippen LogP contribution is -2.43. The third-order valence-corrected chi connectivity index (χ3v) is 3.80. The molecule has 0 bridgehead atoms. The lowest BCUT2D eigenvalue weighted by atomic mass is 10.1. The van der Waals surface area contributed by atoms with Crippen molar-refractivity contribution in [2.75, 3.05) is 19.6 Å². The molecule has 1 aromatic carbocycles. The molecule has 0 aliphatic rings. The van der Waals surface area contributed by atoms with Gasteiger partial charge in [0.1, 0.15) is 6.54 Å². The Balaban J connectivity index is 2.83. The molecule has 4 heteroatoms. The Bertz CT molecular complexity index is 467. The Morgan fingerprint density at radius 1 is 1.05 bits per heavy atom. The van der Waals surface area contributed by atoms with Crippen LogP contribution in [0.15, 0.2) is 30.3 Å². The Morgan fingerprint density at radius 2 is 1.59 bits per heavy atom. The van der Waals surface area contributed by atoms with Crippen LogP contribution in [0.3, 0.4) is 0 Å². The van der Waals surface area contributed by atoms with Crippen molar-refractivity contribution in [1.29, 1.82) is 0 Å². The maximum atomic E-state index is 12.5. The smallest absolute Gasteiger partial charge is 0.242 e. The number of rotatable bonds is 8. The van der Waals surface area contributed by atoms with Crippen molar-refractivity contribution in [2.24, 2.45) is 0 Å². The van der Waals surface area contributed by atoms with Crippen molar-refractivity contribution < 1.29 is 9.59 Å². The SMILES string of the molecule is CCCN(CCC)C(=O)CN(C(C)=O)C(C)c1ccccc1. The molecule has 4 nitrogen and oxygen atoms in total. The quantitative estimate of drug-likeness (QED) is 0.739. The first kappa shape index (κ1) is 18.2. The van der Waals surface area contributed by atoms with Gasteiger partial charge in [0, 0.05) is 20.0 Å². The summed E-state index contributed by atoms with van der Waals surface area (Å²) in [5.74, 6) is -0.0423. The van der Waals surface area contributed by atoms with Crippen LogP contribution in [0.1, 0.15) is 52.1 Å². The van der Waals surface area contributed by atoms with Crippen molar-refractivity contribution in [1.82, 2.24) is 9.80 Å². The second-order valence-electron chi connectivity index (χ2n) is 5.61. The fourth-order valence-electron chi connectivity index (χ4n) is 2.58. The van der Waals surface area contributed by atoms with Gasteiger partial charge in [-0.15, -0.1) is 0 Å². The van der Waals surface area contributed by atoms with Gasteiger partial charge in [-0.2, -0.15) is 0 Å². The van der Waals surface area contributed by atoms with Gasteiger partial charge in [-0.05, 0) is 25.3 Å². The second kappa shape index (κ2) is 9.23. The zero-order chi connectivity index (χ0) is 16.5. The van der Waals surface area contributed by atoms with Gasteiger partial charge in [-0.25, -0.2) is 0 Å². The Labute approximate surface area is 134 Å². The highest BCUT2D eigenvalue weighted by molar-refractivity contribution is 5.84. The minimum Gasteiger partial charge on any atom is -0.341 e. The lowest BCUT2D eigenvalue weighted by molar-refractivity contribution is -0.141. The van der Waals surface area contributed by atoms with Crippen LogP contribution < -0.4 is 0 Å². The van der Waals surface area contributed by atoms with E-state index in [1.165, 1.54) is 6.92 Å². The van der Waals surface area contributed by atoms with Gasteiger partial charge in [0.05, 0.1) is 6.04 Å². The molecule has 2 amide bonds. The molecule has 0 radical (unpaired) electrons. The molecule has 0 N–H and O–H groups in total. The molecule has 0 saturated carbocycles. The molecule has 1 aromatic rings. The first-order chi connectivity index (χ1) is 10.5. The topological polar surface area (TPSA) is 40.6 Å².